The summed E-state index contributed by atoms with van der Waals surface area (Å²) in [5, 5.41) is 8.55. The summed E-state index contributed by atoms with van der Waals surface area (Å²) in [6.07, 6.45) is 4.62. The van der Waals surface area contributed by atoms with Crippen LogP contribution in [0.3, 0.4) is 0 Å². The van der Waals surface area contributed by atoms with Gasteiger partial charge in [0.1, 0.15) is 4.90 Å². The number of benzene rings is 1. The Labute approximate surface area is 109 Å². The summed E-state index contributed by atoms with van der Waals surface area (Å²) < 4.78 is 23.0. The first-order chi connectivity index (χ1) is 8.47. The summed E-state index contributed by atoms with van der Waals surface area (Å²) >= 11 is 0. The van der Waals surface area contributed by atoms with Crippen LogP contribution in [0.5, 0.6) is 0 Å². The fourth-order valence-corrected chi connectivity index (χ4v) is 3.32. The van der Waals surface area contributed by atoms with Gasteiger partial charge in [-0.1, -0.05) is 31.9 Å². The molecule has 0 spiro atoms. The number of nitrogens with two attached hydrogens (primary N) is 1. The van der Waals surface area contributed by atoms with Crippen molar-refractivity contribution < 1.29 is 8.42 Å². The Balaban J connectivity index is 2.19. The smallest absolute Gasteiger partial charge is 0.240 e. The Morgan fingerprint density at radius 3 is 2.67 bits per heavy atom. The summed E-state index contributed by atoms with van der Waals surface area (Å²) in [5.74, 6) is 0.692. The maximum atomic E-state index is 11.5. The van der Waals surface area contributed by atoms with Gasteiger partial charge in [0.2, 0.25) is 10.0 Å². The van der Waals surface area contributed by atoms with Crippen LogP contribution in [0.2, 0.25) is 0 Å². The van der Waals surface area contributed by atoms with Gasteiger partial charge in [-0.2, -0.15) is 0 Å². The van der Waals surface area contributed by atoms with E-state index >= 15 is 0 Å². The van der Waals surface area contributed by atoms with Gasteiger partial charge in [-0.3, -0.25) is 0 Å². The zero-order valence-corrected chi connectivity index (χ0v) is 11.4. The minimum atomic E-state index is -3.66. The second-order valence-electron chi connectivity index (χ2n) is 5.15. The number of primary sulfonamides is 1. The monoisotopic (exact) mass is 268 g/mol. The number of nitrogens with one attached hydrogen (secondary N) is 1. The zero-order valence-electron chi connectivity index (χ0n) is 10.6. The van der Waals surface area contributed by atoms with Crippen molar-refractivity contribution in [1.29, 1.82) is 0 Å². The molecule has 1 aromatic rings. The van der Waals surface area contributed by atoms with E-state index < -0.39 is 10.0 Å². The third-order valence-corrected chi connectivity index (χ3v) is 4.46. The van der Waals surface area contributed by atoms with Crippen LogP contribution in [0.4, 0.5) is 5.69 Å². The molecule has 5 heteroatoms. The van der Waals surface area contributed by atoms with Crippen LogP contribution in [0, 0.1) is 5.92 Å². The van der Waals surface area contributed by atoms with Crippen LogP contribution in [0.15, 0.2) is 29.2 Å². The Morgan fingerprint density at radius 2 is 2.00 bits per heavy atom. The molecule has 0 saturated heterocycles. The van der Waals surface area contributed by atoms with Crippen molar-refractivity contribution in [2.45, 2.75) is 43.5 Å². The molecule has 100 valence electrons. The highest BCUT2D eigenvalue weighted by Gasteiger charge is 2.21. The number of para-hydroxylation sites is 1. The van der Waals surface area contributed by atoms with E-state index in [4.69, 9.17) is 5.14 Å². The molecule has 18 heavy (non-hydrogen) atoms. The molecule has 1 fully saturated rings. The van der Waals surface area contributed by atoms with Crippen LogP contribution in [0.25, 0.3) is 0 Å². The molecule has 2 rings (SSSR count). The van der Waals surface area contributed by atoms with E-state index in [2.05, 4.69) is 12.2 Å². The molecule has 0 aliphatic heterocycles. The van der Waals surface area contributed by atoms with E-state index in [1.54, 1.807) is 18.2 Å². The molecule has 2 atom stereocenters. The van der Waals surface area contributed by atoms with Crippen LogP contribution >= 0.6 is 0 Å². The van der Waals surface area contributed by atoms with Gasteiger partial charge in [0.05, 0.1) is 5.69 Å². The quantitative estimate of drug-likeness (QED) is 0.883. The van der Waals surface area contributed by atoms with Crippen LogP contribution in [-0.2, 0) is 10.0 Å². The topological polar surface area (TPSA) is 72.2 Å². The summed E-state index contributed by atoms with van der Waals surface area (Å²) in [4.78, 5) is 0.184. The van der Waals surface area contributed by atoms with Gasteiger partial charge in [0.25, 0.3) is 0 Å². The molecule has 3 N–H and O–H groups in total. The lowest BCUT2D eigenvalue weighted by atomic mass is 9.87. The molecule has 0 amide bonds. The fraction of sp³-hybridized carbons (Fsp3) is 0.538. The summed E-state index contributed by atoms with van der Waals surface area (Å²) in [6.45, 7) is 2.24. The van der Waals surface area contributed by atoms with Crippen molar-refractivity contribution in [3.63, 3.8) is 0 Å². The molecule has 1 aliphatic carbocycles. The Morgan fingerprint density at radius 1 is 1.28 bits per heavy atom. The first-order valence-corrected chi connectivity index (χ1v) is 7.90. The number of anilines is 1. The minimum Gasteiger partial charge on any atom is -0.381 e. The van der Waals surface area contributed by atoms with Crippen molar-refractivity contribution in [3.8, 4) is 0 Å². The highest BCUT2D eigenvalue weighted by Crippen LogP contribution is 2.28. The lowest BCUT2D eigenvalue weighted by Crippen LogP contribution is -2.27. The molecule has 0 aromatic heterocycles. The molecule has 1 aliphatic rings. The molecule has 0 radical (unpaired) electrons. The number of hydrogen-bond donors (Lipinski definition) is 2. The van der Waals surface area contributed by atoms with Crippen molar-refractivity contribution >= 4 is 15.7 Å². The van der Waals surface area contributed by atoms with E-state index in [0.717, 1.165) is 12.8 Å². The predicted molar refractivity (Wildman–Crippen MR) is 72.9 cm³/mol. The number of hydrogen-bond acceptors (Lipinski definition) is 3. The molecular weight excluding hydrogens is 248 g/mol. The molecule has 1 aromatic carbocycles. The van der Waals surface area contributed by atoms with Gasteiger partial charge in [0.15, 0.2) is 0 Å². The summed E-state index contributed by atoms with van der Waals surface area (Å²) in [6, 6.07) is 7.18. The zero-order chi connectivity index (χ0) is 13.2. The second kappa shape index (κ2) is 5.28. The Bertz CT molecular complexity index is 513. The van der Waals surface area contributed by atoms with Crippen LogP contribution < -0.4 is 10.5 Å². The fourth-order valence-electron chi connectivity index (χ4n) is 2.62. The van der Waals surface area contributed by atoms with Gasteiger partial charge in [0, 0.05) is 6.04 Å². The average Bonchev–Trinajstić information content (AvgIpc) is 2.28. The third-order valence-electron chi connectivity index (χ3n) is 3.49. The molecular formula is C13H20N2O2S. The van der Waals surface area contributed by atoms with E-state index in [0.29, 0.717) is 17.6 Å². The van der Waals surface area contributed by atoms with Gasteiger partial charge in [-0.05, 0) is 30.9 Å². The lowest BCUT2D eigenvalue weighted by Gasteiger charge is -2.28. The molecule has 2 unspecified atom stereocenters. The maximum Gasteiger partial charge on any atom is 0.240 e. The van der Waals surface area contributed by atoms with Gasteiger partial charge in [-0.15, -0.1) is 0 Å². The average molecular weight is 268 g/mol. The normalized spacial score (nSPS) is 24.8. The van der Waals surface area contributed by atoms with Gasteiger partial charge < -0.3 is 5.32 Å². The first kappa shape index (κ1) is 13.4. The van der Waals surface area contributed by atoms with Crippen molar-refractivity contribution in [2.75, 3.05) is 5.32 Å². The van der Waals surface area contributed by atoms with Crippen molar-refractivity contribution in [1.82, 2.24) is 0 Å². The van der Waals surface area contributed by atoms with E-state index in [9.17, 15) is 8.42 Å². The molecule has 4 nitrogen and oxygen atoms in total. The van der Waals surface area contributed by atoms with Crippen molar-refractivity contribution in [3.05, 3.63) is 24.3 Å². The van der Waals surface area contributed by atoms with E-state index in [-0.39, 0.29) is 4.90 Å². The second-order valence-corrected chi connectivity index (χ2v) is 6.68. The first-order valence-electron chi connectivity index (χ1n) is 6.35. The van der Waals surface area contributed by atoms with Gasteiger partial charge >= 0.3 is 0 Å². The number of sulfonamides is 1. The highest BCUT2D eigenvalue weighted by atomic mass is 32.2. The van der Waals surface area contributed by atoms with Gasteiger partial charge in [-0.25, -0.2) is 13.6 Å². The van der Waals surface area contributed by atoms with Crippen LogP contribution in [-0.4, -0.2) is 14.5 Å². The van der Waals surface area contributed by atoms with Crippen LogP contribution in [0.1, 0.15) is 32.6 Å². The number of rotatable bonds is 3. The summed E-state index contributed by atoms with van der Waals surface area (Å²) in [5.41, 5.74) is 0.624. The maximum absolute atomic E-state index is 11.5. The van der Waals surface area contributed by atoms with E-state index in [1.807, 2.05) is 6.07 Å². The minimum absolute atomic E-state index is 0.184. The molecule has 1 saturated carbocycles. The predicted octanol–water partition coefficient (Wildman–Crippen LogP) is 2.32. The highest BCUT2D eigenvalue weighted by molar-refractivity contribution is 7.89. The third kappa shape index (κ3) is 3.23. The SMILES string of the molecule is CC1CCCC(Nc2ccccc2S(N)(=O)=O)C1. The Kier molecular flexibility index (Phi) is 3.92. The molecule has 0 heterocycles. The van der Waals surface area contributed by atoms with Crippen molar-refractivity contribution in [2.24, 2.45) is 11.1 Å². The van der Waals surface area contributed by atoms with E-state index in [1.165, 1.54) is 12.8 Å². The summed E-state index contributed by atoms with van der Waals surface area (Å²) in [7, 11) is -3.66. The Hall–Kier alpha value is -1.07. The molecule has 0 bridgehead atoms. The standard InChI is InChI=1S/C13H20N2O2S/c1-10-5-4-6-11(9-10)15-12-7-2-3-8-13(12)18(14,16)17/h2-3,7-8,10-11,15H,4-6,9H2,1H3,(H2,14,16,17). The largest absolute Gasteiger partial charge is 0.381 e. The lowest BCUT2D eigenvalue weighted by molar-refractivity contribution is 0.358.